The van der Waals surface area contributed by atoms with Crippen LogP contribution in [0.15, 0.2) is 22.7 Å². The van der Waals surface area contributed by atoms with Gasteiger partial charge in [0.25, 0.3) is 0 Å². The lowest BCUT2D eigenvalue weighted by atomic mass is 10.2. The predicted molar refractivity (Wildman–Crippen MR) is 60.0 cm³/mol. The maximum atomic E-state index is 13.6. The normalized spacial score (nSPS) is 10.7. The van der Waals surface area contributed by atoms with Crippen LogP contribution < -0.4 is 5.73 Å². The Balaban J connectivity index is 2.49. The lowest BCUT2D eigenvalue weighted by Gasteiger charge is -2.04. The molecule has 1 aromatic carbocycles. The molecule has 1 heterocycles. The highest BCUT2D eigenvalue weighted by molar-refractivity contribution is 9.10. The van der Waals surface area contributed by atoms with Crippen LogP contribution in [0, 0.1) is 5.82 Å². The molecule has 1 aromatic heterocycles. The van der Waals surface area contributed by atoms with Gasteiger partial charge in [0, 0.05) is 11.0 Å². The van der Waals surface area contributed by atoms with E-state index in [2.05, 4.69) is 31.5 Å². The van der Waals surface area contributed by atoms with E-state index in [1.54, 1.807) is 12.1 Å². The maximum Gasteiger partial charge on any atom is 0.185 e. The van der Waals surface area contributed by atoms with Crippen molar-refractivity contribution in [1.29, 1.82) is 0 Å². The molecule has 0 saturated heterocycles. The van der Waals surface area contributed by atoms with Crippen molar-refractivity contribution >= 4 is 15.9 Å². The van der Waals surface area contributed by atoms with Gasteiger partial charge in [-0.2, -0.15) is 0 Å². The van der Waals surface area contributed by atoms with Crippen LogP contribution in [0.3, 0.4) is 0 Å². The first-order valence-electron chi connectivity index (χ1n) is 4.64. The second-order valence-corrected chi connectivity index (χ2v) is 4.05. The molecule has 0 saturated carbocycles. The summed E-state index contributed by atoms with van der Waals surface area (Å²) in [6.45, 7) is 0.849. The van der Waals surface area contributed by atoms with Crippen molar-refractivity contribution in [3.63, 3.8) is 0 Å². The van der Waals surface area contributed by atoms with Crippen LogP contribution in [0.5, 0.6) is 0 Å². The topological polar surface area (TPSA) is 69.6 Å². The number of nitrogens with zero attached hydrogens (tertiary/aromatic N) is 4. The lowest BCUT2D eigenvalue weighted by Crippen LogP contribution is -2.12. The van der Waals surface area contributed by atoms with E-state index in [-0.39, 0.29) is 5.82 Å². The van der Waals surface area contributed by atoms with E-state index in [9.17, 15) is 4.39 Å². The molecule has 0 radical (unpaired) electrons. The van der Waals surface area contributed by atoms with Gasteiger partial charge in [-0.25, -0.2) is 9.07 Å². The van der Waals surface area contributed by atoms with Crippen LogP contribution in [0.2, 0.25) is 0 Å². The van der Waals surface area contributed by atoms with Crippen molar-refractivity contribution in [3.05, 3.63) is 28.5 Å². The Morgan fingerprint density at radius 1 is 1.44 bits per heavy atom. The Hall–Kier alpha value is -1.34. The molecule has 5 nitrogen and oxygen atoms in total. The Labute approximate surface area is 99.6 Å². The molecule has 84 valence electrons. The minimum absolute atomic E-state index is 0.354. The first-order chi connectivity index (χ1) is 7.72. The van der Waals surface area contributed by atoms with E-state index in [0.717, 1.165) is 4.47 Å². The van der Waals surface area contributed by atoms with Crippen molar-refractivity contribution in [2.75, 3.05) is 6.54 Å². The molecule has 16 heavy (non-hydrogen) atoms. The number of halogens is 2. The quantitative estimate of drug-likeness (QED) is 0.920. The molecule has 2 aromatic rings. The van der Waals surface area contributed by atoms with E-state index in [0.29, 0.717) is 24.5 Å². The van der Waals surface area contributed by atoms with Crippen LogP contribution in [0.1, 0.15) is 0 Å². The Morgan fingerprint density at radius 2 is 2.25 bits per heavy atom. The van der Waals surface area contributed by atoms with E-state index < -0.39 is 0 Å². The summed E-state index contributed by atoms with van der Waals surface area (Å²) in [6, 6.07) is 4.62. The molecule has 0 bridgehead atoms. The summed E-state index contributed by atoms with van der Waals surface area (Å²) in [5.74, 6) is 0.0144. The zero-order valence-corrected chi connectivity index (χ0v) is 9.85. The van der Waals surface area contributed by atoms with E-state index in [4.69, 9.17) is 5.73 Å². The van der Waals surface area contributed by atoms with Crippen LogP contribution in [0.25, 0.3) is 11.4 Å². The number of hydrogen-bond donors (Lipinski definition) is 1. The summed E-state index contributed by atoms with van der Waals surface area (Å²) in [5.41, 5.74) is 5.77. The van der Waals surface area contributed by atoms with Gasteiger partial charge in [-0.3, -0.25) is 0 Å². The van der Waals surface area contributed by atoms with Crippen molar-refractivity contribution in [1.82, 2.24) is 20.2 Å². The van der Waals surface area contributed by atoms with E-state index in [1.165, 1.54) is 10.7 Å². The number of tetrazole rings is 1. The Bertz CT molecular complexity index is 498. The average Bonchev–Trinajstić information content (AvgIpc) is 2.70. The summed E-state index contributed by atoms with van der Waals surface area (Å²) in [7, 11) is 0. The average molecular weight is 286 g/mol. The van der Waals surface area contributed by atoms with Gasteiger partial charge in [0.05, 0.1) is 12.1 Å². The highest BCUT2D eigenvalue weighted by Gasteiger charge is 2.13. The molecule has 0 aliphatic carbocycles. The van der Waals surface area contributed by atoms with Gasteiger partial charge in [-0.05, 0) is 28.6 Å². The van der Waals surface area contributed by atoms with Gasteiger partial charge in [0.15, 0.2) is 5.82 Å². The molecule has 0 atom stereocenters. The first-order valence-corrected chi connectivity index (χ1v) is 5.43. The van der Waals surface area contributed by atoms with Crippen molar-refractivity contribution < 1.29 is 4.39 Å². The highest BCUT2D eigenvalue weighted by atomic mass is 79.9. The lowest BCUT2D eigenvalue weighted by molar-refractivity contribution is 0.594. The number of benzene rings is 1. The minimum Gasteiger partial charge on any atom is -0.329 e. The number of nitrogens with two attached hydrogens (primary N) is 1. The van der Waals surface area contributed by atoms with Gasteiger partial charge in [-0.1, -0.05) is 15.9 Å². The third-order valence-corrected chi connectivity index (χ3v) is 2.54. The second kappa shape index (κ2) is 4.67. The van der Waals surface area contributed by atoms with Gasteiger partial charge in [-0.15, -0.1) is 5.10 Å². The fraction of sp³-hybridized carbons (Fsp3) is 0.222. The zero-order valence-electron chi connectivity index (χ0n) is 8.27. The van der Waals surface area contributed by atoms with Crippen molar-refractivity contribution in [3.8, 4) is 11.4 Å². The van der Waals surface area contributed by atoms with E-state index >= 15 is 0 Å². The van der Waals surface area contributed by atoms with Gasteiger partial charge in [0.1, 0.15) is 5.82 Å². The standard InChI is InChI=1S/C9H9BrFN5/c10-6-1-2-8(11)7(5-6)9-13-14-15-16(9)4-3-12/h1-2,5H,3-4,12H2. The fourth-order valence-corrected chi connectivity index (χ4v) is 1.70. The zero-order chi connectivity index (χ0) is 11.5. The Kier molecular flexibility index (Phi) is 3.25. The molecule has 7 heteroatoms. The fourth-order valence-electron chi connectivity index (χ4n) is 1.34. The first kappa shape index (κ1) is 11.2. The largest absolute Gasteiger partial charge is 0.329 e. The third-order valence-electron chi connectivity index (χ3n) is 2.04. The molecular weight excluding hydrogens is 277 g/mol. The number of aromatic nitrogens is 4. The molecule has 2 N–H and O–H groups in total. The molecule has 0 aliphatic heterocycles. The highest BCUT2D eigenvalue weighted by Crippen LogP contribution is 2.23. The van der Waals surface area contributed by atoms with Crippen LogP contribution in [-0.4, -0.2) is 26.8 Å². The predicted octanol–water partition coefficient (Wildman–Crippen LogP) is 1.20. The van der Waals surface area contributed by atoms with Crippen LogP contribution >= 0.6 is 15.9 Å². The maximum absolute atomic E-state index is 13.6. The van der Waals surface area contributed by atoms with Gasteiger partial charge >= 0.3 is 0 Å². The van der Waals surface area contributed by atoms with Crippen molar-refractivity contribution in [2.24, 2.45) is 5.73 Å². The summed E-state index contributed by atoms with van der Waals surface area (Å²) < 4.78 is 15.8. The molecule has 0 fully saturated rings. The summed E-state index contributed by atoms with van der Waals surface area (Å²) in [4.78, 5) is 0. The SMILES string of the molecule is NCCn1nnnc1-c1cc(Br)ccc1F. The molecule has 2 rings (SSSR count). The van der Waals surface area contributed by atoms with Gasteiger partial charge < -0.3 is 5.73 Å². The smallest absolute Gasteiger partial charge is 0.185 e. The van der Waals surface area contributed by atoms with Crippen LogP contribution in [0.4, 0.5) is 4.39 Å². The molecular formula is C9H9BrFN5. The Morgan fingerprint density at radius 3 is 3.00 bits per heavy atom. The second-order valence-electron chi connectivity index (χ2n) is 3.14. The molecule has 0 spiro atoms. The monoisotopic (exact) mass is 285 g/mol. The molecule has 0 amide bonds. The number of rotatable bonds is 3. The summed E-state index contributed by atoms with van der Waals surface area (Å²) in [5, 5.41) is 11.1. The summed E-state index contributed by atoms with van der Waals surface area (Å²) >= 11 is 3.28. The minimum atomic E-state index is -0.365. The number of hydrogen-bond acceptors (Lipinski definition) is 4. The van der Waals surface area contributed by atoms with Gasteiger partial charge in [0.2, 0.25) is 0 Å². The van der Waals surface area contributed by atoms with Crippen LogP contribution in [-0.2, 0) is 6.54 Å². The summed E-state index contributed by atoms with van der Waals surface area (Å²) in [6.07, 6.45) is 0. The molecule has 0 aliphatic rings. The van der Waals surface area contributed by atoms with E-state index in [1.807, 2.05) is 0 Å². The molecule has 0 unspecified atom stereocenters. The third kappa shape index (κ3) is 2.10. The van der Waals surface area contributed by atoms with Crippen molar-refractivity contribution in [2.45, 2.75) is 6.54 Å².